The molecule has 7 heterocycles. The van der Waals surface area contributed by atoms with Gasteiger partial charge in [0.2, 0.25) is 11.8 Å². The summed E-state index contributed by atoms with van der Waals surface area (Å²) < 4.78 is 20.5. The maximum Gasteiger partial charge on any atom is 0.328 e. The van der Waals surface area contributed by atoms with Crippen LogP contribution < -0.4 is 25.3 Å². The number of hydrogen-bond donors (Lipinski definition) is 3. The molecule has 3 aliphatic heterocycles. The Kier molecular flexibility index (Phi) is 11.6. The quantitative estimate of drug-likeness (QED) is 0.131. The SMILES string of the molecule is Cc1cc(-c2[nH]nc3ncc(-c4ccc(N5CCN(CC6CCN(c7ccc(N8CCC(=O)NC8=O)c(F)c7)CC6)CC5)cn4)cc23)ccc1[C@@H](C)NC(=O)c1noc(C(C)(C)C)n1. The van der Waals surface area contributed by atoms with Gasteiger partial charge in [0, 0.05) is 92.6 Å². The van der Waals surface area contributed by atoms with Gasteiger partial charge >= 0.3 is 6.03 Å². The van der Waals surface area contributed by atoms with Gasteiger partial charge < -0.3 is 19.6 Å². The Morgan fingerprint density at radius 2 is 1.67 bits per heavy atom. The molecule has 332 valence electrons. The number of carbonyl (C=O) groups is 3. The number of piperidine rings is 1. The van der Waals surface area contributed by atoms with Crippen molar-refractivity contribution < 1.29 is 23.3 Å². The van der Waals surface area contributed by atoms with Crippen LogP contribution in [0, 0.1) is 18.7 Å². The van der Waals surface area contributed by atoms with Crippen LogP contribution in [-0.4, -0.2) is 105 Å². The van der Waals surface area contributed by atoms with E-state index in [1.54, 1.807) is 6.07 Å². The number of halogens is 1. The summed E-state index contributed by atoms with van der Waals surface area (Å²) in [5.74, 6) is -0.201. The molecule has 0 spiro atoms. The predicted octanol–water partition coefficient (Wildman–Crippen LogP) is 6.79. The van der Waals surface area contributed by atoms with Gasteiger partial charge in [-0.1, -0.05) is 38.1 Å². The van der Waals surface area contributed by atoms with Crippen molar-refractivity contribution in [3.63, 3.8) is 0 Å². The van der Waals surface area contributed by atoms with Crippen LogP contribution in [0.25, 0.3) is 33.5 Å². The number of imide groups is 1. The number of fused-ring (bicyclic) bond motifs is 1. The van der Waals surface area contributed by atoms with E-state index in [0.717, 1.165) is 109 Å². The van der Waals surface area contributed by atoms with Crippen LogP contribution in [0.15, 0.2) is 71.5 Å². The number of amides is 4. The van der Waals surface area contributed by atoms with Gasteiger partial charge in [-0.05, 0) is 86.2 Å². The number of carbonyl (C=O) groups excluding carboxylic acids is 3. The highest BCUT2D eigenvalue weighted by Gasteiger charge is 2.29. The summed E-state index contributed by atoms with van der Waals surface area (Å²) >= 11 is 0. The third-order valence-corrected chi connectivity index (χ3v) is 12.6. The number of piperazine rings is 1. The molecular weight excluding hydrogens is 816 g/mol. The van der Waals surface area contributed by atoms with Crippen LogP contribution in [0.5, 0.6) is 0 Å². The number of rotatable bonds is 10. The first-order valence-corrected chi connectivity index (χ1v) is 22.0. The van der Waals surface area contributed by atoms with Crippen molar-refractivity contribution in [2.45, 2.75) is 65.3 Å². The lowest BCUT2D eigenvalue weighted by Crippen LogP contribution is -2.50. The van der Waals surface area contributed by atoms with Crippen molar-refractivity contribution in [1.29, 1.82) is 0 Å². The summed E-state index contributed by atoms with van der Waals surface area (Å²) in [5.41, 5.74) is 7.86. The number of nitrogens with one attached hydrogen (secondary N) is 3. The summed E-state index contributed by atoms with van der Waals surface area (Å²) in [7, 11) is 0. The van der Waals surface area contributed by atoms with Crippen LogP contribution in [0.4, 0.5) is 26.2 Å². The summed E-state index contributed by atoms with van der Waals surface area (Å²) in [6.07, 6.45) is 5.97. The first-order valence-electron chi connectivity index (χ1n) is 22.0. The number of aromatic amines is 1. The lowest BCUT2D eigenvalue weighted by atomic mass is 9.95. The fourth-order valence-corrected chi connectivity index (χ4v) is 8.91. The molecule has 0 unspecified atom stereocenters. The summed E-state index contributed by atoms with van der Waals surface area (Å²) in [6, 6.07) is 16.5. The van der Waals surface area contributed by atoms with E-state index in [4.69, 9.17) is 9.51 Å². The summed E-state index contributed by atoms with van der Waals surface area (Å²) in [4.78, 5) is 59.0. The van der Waals surface area contributed by atoms with Crippen molar-refractivity contribution >= 4 is 45.9 Å². The molecule has 64 heavy (non-hydrogen) atoms. The van der Waals surface area contributed by atoms with Gasteiger partial charge in [0.15, 0.2) is 5.65 Å². The number of aromatic nitrogens is 6. The highest BCUT2D eigenvalue weighted by atomic mass is 19.1. The van der Waals surface area contributed by atoms with Crippen LogP contribution in [0.3, 0.4) is 0 Å². The monoisotopic (exact) mass is 868 g/mol. The lowest BCUT2D eigenvalue weighted by molar-refractivity contribution is -0.120. The minimum atomic E-state index is -0.585. The smallest absolute Gasteiger partial charge is 0.328 e. The average molecular weight is 869 g/mol. The van der Waals surface area contributed by atoms with E-state index in [9.17, 15) is 14.4 Å². The van der Waals surface area contributed by atoms with Gasteiger partial charge in [0.25, 0.3) is 11.7 Å². The Labute approximate surface area is 370 Å². The topological polar surface area (TPSA) is 182 Å². The molecule has 3 N–H and O–H groups in total. The molecule has 1 atom stereocenters. The molecule has 3 saturated heterocycles. The second-order valence-electron chi connectivity index (χ2n) is 18.1. The van der Waals surface area contributed by atoms with Crippen LogP contribution in [0.2, 0.25) is 0 Å². The third kappa shape index (κ3) is 8.89. The van der Waals surface area contributed by atoms with Gasteiger partial charge in [-0.15, -0.1) is 0 Å². The minimum absolute atomic E-state index is 0.0123. The Balaban J connectivity index is 0.770. The largest absolute Gasteiger partial charge is 0.371 e. The van der Waals surface area contributed by atoms with E-state index in [-0.39, 0.29) is 41.8 Å². The zero-order chi connectivity index (χ0) is 44.7. The number of pyridine rings is 2. The zero-order valence-corrected chi connectivity index (χ0v) is 36.8. The van der Waals surface area contributed by atoms with Crippen LogP contribution in [-0.2, 0) is 10.2 Å². The second kappa shape index (κ2) is 17.4. The van der Waals surface area contributed by atoms with Crippen molar-refractivity contribution in [3.05, 3.63) is 95.7 Å². The molecule has 2 aromatic carbocycles. The molecule has 16 nitrogen and oxygen atoms in total. The van der Waals surface area contributed by atoms with E-state index in [0.29, 0.717) is 17.5 Å². The van der Waals surface area contributed by atoms with Crippen molar-refractivity contribution in [1.82, 2.24) is 45.8 Å². The molecule has 4 aromatic heterocycles. The molecule has 3 fully saturated rings. The number of anilines is 3. The Bertz CT molecular complexity index is 2690. The van der Waals surface area contributed by atoms with Crippen molar-refractivity contribution in [2.24, 2.45) is 5.92 Å². The molecule has 9 rings (SSSR count). The lowest BCUT2D eigenvalue weighted by Gasteiger charge is -2.40. The Hall–Kier alpha value is -6.75. The summed E-state index contributed by atoms with van der Waals surface area (Å²) in [6.45, 7) is 16.5. The fraction of sp³-hybridized carbons (Fsp3) is 0.404. The highest BCUT2D eigenvalue weighted by Crippen LogP contribution is 2.33. The van der Waals surface area contributed by atoms with Gasteiger partial charge in [0.05, 0.1) is 35.0 Å². The van der Waals surface area contributed by atoms with Crippen molar-refractivity contribution in [2.75, 3.05) is 67.1 Å². The highest BCUT2D eigenvalue weighted by molar-refractivity contribution is 6.05. The second-order valence-corrected chi connectivity index (χ2v) is 18.1. The normalized spacial score (nSPS) is 17.2. The van der Waals surface area contributed by atoms with E-state index in [2.05, 4.69) is 74.9 Å². The number of nitrogens with zero attached hydrogens (tertiary/aromatic N) is 9. The number of benzene rings is 2. The molecule has 0 bridgehead atoms. The summed E-state index contributed by atoms with van der Waals surface area (Å²) in [5, 5.41) is 17.7. The van der Waals surface area contributed by atoms with Gasteiger partial charge in [-0.3, -0.25) is 34.8 Å². The Morgan fingerprint density at radius 3 is 2.36 bits per heavy atom. The third-order valence-electron chi connectivity index (χ3n) is 12.6. The van der Waals surface area contributed by atoms with Crippen LogP contribution >= 0.6 is 0 Å². The number of H-pyrrole nitrogens is 1. The molecule has 3 aliphatic rings. The number of urea groups is 1. The zero-order valence-electron chi connectivity index (χ0n) is 36.8. The maximum atomic E-state index is 15.1. The maximum absolute atomic E-state index is 15.1. The molecule has 4 amide bonds. The molecule has 0 radical (unpaired) electrons. The van der Waals surface area contributed by atoms with E-state index >= 15 is 4.39 Å². The van der Waals surface area contributed by atoms with Gasteiger partial charge in [-0.2, -0.15) is 10.1 Å². The Morgan fingerprint density at radius 1 is 0.906 bits per heavy atom. The van der Waals surface area contributed by atoms with Crippen LogP contribution in [0.1, 0.15) is 80.6 Å². The fourth-order valence-electron chi connectivity index (χ4n) is 8.91. The van der Waals surface area contributed by atoms with Gasteiger partial charge in [0.1, 0.15) is 5.82 Å². The van der Waals surface area contributed by atoms with E-state index < -0.39 is 17.8 Å². The molecule has 0 saturated carbocycles. The first-order chi connectivity index (χ1) is 30.8. The van der Waals surface area contributed by atoms with E-state index in [1.165, 1.54) is 11.0 Å². The minimum Gasteiger partial charge on any atom is -0.371 e. The van der Waals surface area contributed by atoms with E-state index in [1.807, 2.05) is 65.2 Å². The number of aryl methyl sites for hydroxylation is 1. The average Bonchev–Trinajstić information content (AvgIpc) is 3.96. The number of hydrogen-bond acceptors (Lipinski definition) is 12. The molecule has 0 aliphatic carbocycles. The standard InChI is InChI=1S/C47H53FN12O4/c1-28-22-31(6-9-35(28)29(2)51-44(62)43-53-45(64-56-43)47(3,4)5)41-36-23-32(25-50-42(36)55-54-41)38-10-7-34(26-49-38)59-20-18-57(19-21-59)27-30-12-15-58(16-13-30)33-8-11-39(37(48)24-33)60-17-14-40(61)52-46(60)63/h6-11,22-26,29-30H,12-21,27H2,1-5H3,(H,51,62)(H,50,54,55)(H,52,61,63)/t29-/m1/s1. The molecular formula is C47H53FN12O4. The first kappa shape index (κ1) is 42.5. The van der Waals surface area contributed by atoms with Crippen molar-refractivity contribution in [3.8, 4) is 22.5 Å². The molecule has 6 aromatic rings. The molecule has 17 heteroatoms. The predicted molar refractivity (Wildman–Crippen MR) is 242 cm³/mol. The van der Waals surface area contributed by atoms with Gasteiger partial charge in [-0.25, -0.2) is 14.2 Å².